The Labute approximate surface area is 65.2 Å². The van der Waals surface area contributed by atoms with Crippen LogP contribution in [0, 0.1) is 11.8 Å². The topological polar surface area (TPSA) is 12.0 Å². The standard InChI is InChI=1S/C9H21N/c1-8(2)5-6-10-7-9(3)4/h8-10H,5-7H2,1-4H3. The fraction of sp³-hybridized carbons (Fsp3) is 1.00. The van der Waals surface area contributed by atoms with Gasteiger partial charge in [0, 0.05) is 0 Å². The first-order chi connectivity index (χ1) is 4.63. The fourth-order valence-corrected chi connectivity index (χ4v) is 0.781. The maximum absolute atomic E-state index is 3.42. The van der Waals surface area contributed by atoms with Crippen molar-refractivity contribution < 1.29 is 0 Å². The molecule has 1 heteroatoms. The van der Waals surface area contributed by atoms with Crippen LogP contribution in [0.25, 0.3) is 0 Å². The van der Waals surface area contributed by atoms with Crippen LogP contribution in [-0.4, -0.2) is 13.1 Å². The van der Waals surface area contributed by atoms with Gasteiger partial charge in [-0.15, -0.1) is 0 Å². The van der Waals surface area contributed by atoms with E-state index in [1.807, 2.05) is 0 Å². The highest BCUT2D eigenvalue weighted by Gasteiger charge is 1.94. The molecule has 0 aromatic carbocycles. The van der Waals surface area contributed by atoms with Crippen LogP contribution in [0.4, 0.5) is 0 Å². The van der Waals surface area contributed by atoms with E-state index in [1.165, 1.54) is 13.0 Å². The summed E-state index contributed by atoms with van der Waals surface area (Å²) in [6, 6.07) is 0. The molecule has 0 unspecified atom stereocenters. The molecule has 0 saturated carbocycles. The van der Waals surface area contributed by atoms with Crippen molar-refractivity contribution in [2.45, 2.75) is 34.1 Å². The molecule has 0 spiro atoms. The lowest BCUT2D eigenvalue weighted by Gasteiger charge is -2.08. The van der Waals surface area contributed by atoms with Crippen LogP contribution in [0.3, 0.4) is 0 Å². The molecule has 0 rings (SSSR count). The van der Waals surface area contributed by atoms with Crippen LogP contribution in [0.2, 0.25) is 0 Å². The molecule has 0 bridgehead atoms. The second-order valence-electron chi connectivity index (χ2n) is 3.78. The third-order valence-electron chi connectivity index (χ3n) is 1.45. The average Bonchev–Trinajstić information content (AvgIpc) is 1.79. The molecule has 0 fully saturated rings. The fourth-order valence-electron chi connectivity index (χ4n) is 0.781. The molecule has 1 N–H and O–H groups in total. The molecule has 0 radical (unpaired) electrons. The van der Waals surface area contributed by atoms with Gasteiger partial charge >= 0.3 is 0 Å². The maximum atomic E-state index is 3.42. The molecule has 1 nitrogen and oxygen atoms in total. The molecule has 10 heavy (non-hydrogen) atoms. The molecule has 62 valence electrons. The summed E-state index contributed by atoms with van der Waals surface area (Å²) in [6.45, 7) is 11.3. The van der Waals surface area contributed by atoms with Crippen molar-refractivity contribution in [3.05, 3.63) is 0 Å². The zero-order valence-electron chi connectivity index (χ0n) is 7.78. The predicted octanol–water partition coefficient (Wildman–Crippen LogP) is 2.28. The lowest BCUT2D eigenvalue weighted by Crippen LogP contribution is -2.21. The van der Waals surface area contributed by atoms with Crippen molar-refractivity contribution in [2.24, 2.45) is 11.8 Å². The summed E-state index contributed by atoms with van der Waals surface area (Å²) in [5, 5.41) is 3.42. The first-order valence-electron chi connectivity index (χ1n) is 4.33. The van der Waals surface area contributed by atoms with E-state index in [4.69, 9.17) is 0 Å². The van der Waals surface area contributed by atoms with Gasteiger partial charge in [-0.05, 0) is 31.3 Å². The first kappa shape index (κ1) is 9.96. The van der Waals surface area contributed by atoms with E-state index in [0.29, 0.717) is 0 Å². The van der Waals surface area contributed by atoms with Gasteiger partial charge in [0.1, 0.15) is 0 Å². The van der Waals surface area contributed by atoms with Gasteiger partial charge in [0.15, 0.2) is 0 Å². The third kappa shape index (κ3) is 7.96. The Kier molecular flexibility index (Phi) is 5.70. The highest BCUT2D eigenvalue weighted by molar-refractivity contribution is 4.52. The predicted molar refractivity (Wildman–Crippen MR) is 47.2 cm³/mol. The van der Waals surface area contributed by atoms with Crippen molar-refractivity contribution in [3.8, 4) is 0 Å². The van der Waals surface area contributed by atoms with Crippen LogP contribution in [0.5, 0.6) is 0 Å². The van der Waals surface area contributed by atoms with Crippen LogP contribution in [-0.2, 0) is 0 Å². The molecule has 0 heterocycles. The molecular formula is C9H21N. The Morgan fingerprint density at radius 3 is 2.00 bits per heavy atom. The molecule has 0 aliphatic rings. The van der Waals surface area contributed by atoms with E-state index >= 15 is 0 Å². The summed E-state index contributed by atoms with van der Waals surface area (Å²) >= 11 is 0. The van der Waals surface area contributed by atoms with E-state index in [1.54, 1.807) is 0 Å². The SMILES string of the molecule is CC(C)CCNCC(C)C. The van der Waals surface area contributed by atoms with E-state index in [-0.39, 0.29) is 0 Å². The zero-order chi connectivity index (χ0) is 7.98. The van der Waals surface area contributed by atoms with Gasteiger partial charge in [-0.2, -0.15) is 0 Å². The largest absolute Gasteiger partial charge is 0.316 e. The summed E-state index contributed by atoms with van der Waals surface area (Å²) in [6.07, 6.45) is 1.30. The second-order valence-corrected chi connectivity index (χ2v) is 3.78. The Bertz CT molecular complexity index is 57.1. The highest BCUT2D eigenvalue weighted by atomic mass is 14.8. The molecule has 0 aromatic heterocycles. The highest BCUT2D eigenvalue weighted by Crippen LogP contribution is 1.96. The van der Waals surface area contributed by atoms with Gasteiger partial charge in [0.25, 0.3) is 0 Å². The van der Waals surface area contributed by atoms with Gasteiger partial charge in [0.2, 0.25) is 0 Å². The number of rotatable bonds is 5. The Balaban J connectivity index is 2.91. The average molecular weight is 143 g/mol. The number of hydrogen-bond donors (Lipinski definition) is 1. The van der Waals surface area contributed by atoms with Crippen molar-refractivity contribution in [2.75, 3.05) is 13.1 Å². The van der Waals surface area contributed by atoms with Crippen LogP contribution in [0.1, 0.15) is 34.1 Å². The summed E-state index contributed by atoms with van der Waals surface area (Å²) in [5.74, 6) is 1.62. The lowest BCUT2D eigenvalue weighted by molar-refractivity contribution is 0.498. The van der Waals surface area contributed by atoms with Crippen molar-refractivity contribution in [1.82, 2.24) is 5.32 Å². The molecule has 0 amide bonds. The van der Waals surface area contributed by atoms with Crippen molar-refractivity contribution in [3.63, 3.8) is 0 Å². The number of hydrogen-bond acceptors (Lipinski definition) is 1. The van der Waals surface area contributed by atoms with E-state index < -0.39 is 0 Å². The van der Waals surface area contributed by atoms with Crippen LogP contribution >= 0.6 is 0 Å². The number of nitrogens with one attached hydrogen (secondary N) is 1. The molecule has 0 atom stereocenters. The molecule has 0 saturated heterocycles. The van der Waals surface area contributed by atoms with Crippen LogP contribution in [0.15, 0.2) is 0 Å². The Hall–Kier alpha value is -0.0400. The molecule has 0 aliphatic carbocycles. The first-order valence-corrected chi connectivity index (χ1v) is 4.33. The third-order valence-corrected chi connectivity index (χ3v) is 1.45. The van der Waals surface area contributed by atoms with Gasteiger partial charge in [-0.1, -0.05) is 27.7 Å². The van der Waals surface area contributed by atoms with Crippen molar-refractivity contribution in [1.29, 1.82) is 0 Å². The van der Waals surface area contributed by atoms with E-state index in [2.05, 4.69) is 33.0 Å². The molecule has 0 aliphatic heterocycles. The summed E-state index contributed by atoms with van der Waals surface area (Å²) in [5.41, 5.74) is 0. The van der Waals surface area contributed by atoms with E-state index in [0.717, 1.165) is 18.4 Å². The smallest absolute Gasteiger partial charge is 0.00258 e. The lowest BCUT2D eigenvalue weighted by atomic mass is 10.1. The van der Waals surface area contributed by atoms with Gasteiger partial charge in [-0.25, -0.2) is 0 Å². The Morgan fingerprint density at radius 1 is 1.00 bits per heavy atom. The molecule has 0 aromatic rings. The monoisotopic (exact) mass is 143 g/mol. The summed E-state index contributed by atoms with van der Waals surface area (Å²) < 4.78 is 0. The summed E-state index contributed by atoms with van der Waals surface area (Å²) in [7, 11) is 0. The van der Waals surface area contributed by atoms with Crippen LogP contribution < -0.4 is 5.32 Å². The minimum Gasteiger partial charge on any atom is -0.316 e. The van der Waals surface area contributed by atoms with E-state index in [9.17, 15) is 0 Å². The maximum Gasteiger partial charge on any atom is -0.00258 e. The minimum atomic E-state index is 0.784. The van der Waals surface area contributed by atoms with Crippen molar-refractivity contribution >= 4 is 0 Å². The van der Waals surface area contributed by atoms with Gasteiger partial charge in [-0.3, -0.25) is 0 Å². The van der Waals surface area contributed by atoms with Gasteiger partial charge in [0.05, 0.1) is 0 Å². The normalized spacial score (nSPS) is 11.4. The summed E-state index contributed by atoms with van der Waals surface area (Å²) in [4.78, 5) is 0. The zero-order valence-corrected chi connectivity index (χ0v) is 7.78. The minimum absolute atomic E-state index is 0.784. The quantitative estimate of drug-likeness (QED) is 0.582. The molecular weight excluding hydrogens is 122 g/mol. The Morgan fingerprint density at radius 2 is 1.60 bits per heavy atom. The van der Waals surface area contributed by atoms with Gasteiger partial charge < -0.3 is 5.32 Å². The second kappa shape index (κ2) is 5.72.